The van der Waals surface area contributed by atoms with Gasteiger partial charge in [-0.2, -0.15) is 0 Å². The van der Waals surface area contributed by atoms with Gasteiger partial charge in [0.05, 0.1) is 0 Å². The fraction of sp³-hybridized carbons (Fsp3) is 0. The van der Waals surface area contributed by atoms with Gasteiger partial charge in [0.2, 0.25) is 0 Å². The van der Waals surface area contributed by atoms with Crippen molar-refractivity contribution in [2.45, 2.75) is 0 Å². The molecular weight excluding hydrogens is 178 g/mol. The van der Waals surface area contributed by atoms with Crippen LogP contribution in [0.4, 0.5) is 0 Å². The van der Waals surface area contributed by atoms with Crippen LogP contribution in [0.2, 0.25) is 0 Å². The van der Waals surface area contributed by atoms with Crippen molar-refractivity contribution in [2.24, 2.45) is 0 Å². The Morgan fingerprint density at radius 3 is 0.750 bits per heavy atom. The van der Waals surface area contributed by atoms with Gasteiger partial charge in [0.1, 0.15) is 0 Å². The van der Waals surface area contributed by atoms with Crippen molar-refractivity contribution in [3.05, 3.63) is 0 Å². The fourth-order valence-corrected chi connectivity index (χ4v) is 0. The van der Waals surface area contributed by atoms with Crippen LogP contribution in [0.15, 0.2) is 0 Å². The van der Waals surface area contributed by atoms with Crippen LogP contribution in [0.25, 0.3) is 0 Å². The van der Waals surface area contributed by atoms with Gasteiger partial charge < -0.3 is 0 Å². The van der Waals surface area contributed by atoms with Crippen molar-refractivity contribution in [3.63, 3.8) is 0 Å². The van der Waals surface area contributed by atoms with E-state index in [1.807, 2.05) is 0 Å². The minimum Gasteiger partial charge on any atom is 0 e. The molecule has 0 nitrogen and oxygen atoms in total. The Labute approximate surface area is 81.4 Å². The predicted octanol–water partition coefficient (Wildman–Crippen LogP) is -0.767. The molecule has 0 saturated carbocycles. The number of hydrogen-bond donors (Lipinski definition) is 0. The molecule has 0 aromatic heterocycles. The Morgan fingerprint density at radius 1 is 0.750 bits per heavy atom. The van der Waals surface area contributed by atoms with Crippen LogP contribution in [0.1, 0.15) is 0 Å². The maximum Gasteiger partial charge on any atom is 0 e. The van der Waals surface area contributed by atoms with Crippen LogP contribution >= 0.6 is 0 Å². The maximum absolute atomic E-state index is 0. The normalized spacial score (nSPS) is 0. The Balaban J connectivity index is 0. The van der Waals surface area contributed by atoms with Gasteiger partial charge in [-0.05, 0) is 0 Å². The first-order valence-corrected chi connectivity index (χ1v) is 0. The van der Waals surface area contributed by atoms with E-state index in [-0.39, 0.29) is 82.7 Å². The summed E-state index contributed by atoms with van der Waals surface area (Å²) in [6.45, 7) is 0. The van der Waals surface area contributed by atoms with Crippen LogP contribution in [0.5, 0.6) is 0 Å². The first-order valence-electron chi connectivity index (χ1n) is 0. The molecule has 0 aliphatic rings. The van der Waals surface area contributed by atoms with Crippen LogP contribution in [-0.4, -0.2) is 46.1 Å². The van der Waals surface area contributed by atoms with Gasteiger partial charge in [-0.3, -0.25) is 0 Å². The molecule has 4 heteroatoms. The van der Waals surface area contributed by atoms with E-state index in [2.05, 4.69) is 0 Å². The molecule has 0 heterocycles. The summed E-state index contributed by atoms with van der Waals surface area (Å²) in [7, 11) is 0. The standard InChI is InChI=1S/Cu.2Mg.Zn. The zero-order valence-corrected chi connectivity index (χ0v) is 9.16. The minimum atomic E-state index is 0. The van der Waals surface area contributed by atoms with Gasteiger partial charge in [0.15, 0.2) is 0 Å². The third kappa shape index (κ3) is 8.82. The molecule has 5 radical (unpaired) electrons. The number of hydrogen-bond acceptors (Lipinski definition) is 0. The average Bonchev–Trinajstić information content (AvgIpc) is 0. The van der Waals surface area contributed by atoms with Crippen molar-refractivity contribution >= 4 is 46.1 Å². The maximum atomic E-state index is 0. The predicted molar refractivity (Wildman–Crippen MR) is 11.5 cm³/mol. The van der Waals surface area contributed by atoms with Gasteiger partial charge >= 0.3 is 0 Å². The molecule has 0 aliphatic heterocycles. The number of rotatable bonds is 0. The van der Waals surface area contributed by atoms with E-state index in [0.29, 0.717) is 0 Å². The smallest absolute Gasteiger partial charge is 0 e. The molecule has 0 N–H and O–H groups in total. The SMILES string of the molecule is [Cu].[Mg].[Mg].[Zn]. The van der Waals surface area contributed by atoms with Crippen LogP contribution < -0.4 is 0 Å². The molecule has 0 aromatic rings. The van der Waals surface area contributed by atoms with E-state index in [4.69, 9.17) is 0 Å². The van der Waals surface area contributed by atoms with Gasteiger partial charge in [-0.15, -0.1) is 0 Å². The Hall–Kier alpha value is 2.68. The van der Waals surface area contributed by atoms with E-state index in [9.17, 15) is 0 Å². The second-order valence-electron chi connectivity index (χ2n) is 0. The monoisotopic (exact) mass is 175 g/mol. The van der Waals surface area contributed by atoms with Gasteiger partial charge in [-0.25, -0.2) is 0 Å². The quantitative estimate of drug-likeness (QED) is 0.427. The fourth-order valence-electron chi connectivity index (χ4n) is 0. The second kappa shape index (κ2) is 17.3. The van der Waals surface area contributed by atoms with Crippen LogP contribution in [0.3, 0.4) is 0 Å². The molecule has 0 unspecified atom stereocenters. The van der Waals surface area contributed by atoms with Crippen molar-refractivity contribution in [1.82, 2.24) is 0 Å². The molecular formula is CuMg2Zn. The Kier molecular flexibility index (Phi) is 130. The molecule has 17 valence electrons. The molecule has 0 fully saturated rings. The summed E-state index contributed by atoms with van der Waals surface area (Å²) in [5, 5.41) is 0. The van der Waals surface area contributed by atoms with Crippen LogP contribution in [-0.2, 0) is 36.5 Å². The molecule has 0 aliphatic carbocycles. The summed E-state index contributed by atoms with van der Waals surface area (Å²) in [5.41, 5.74) is 0. The third-order valence-corrected chi connectivity index (χ3v) is 0. The summed E-state index contributed by atoms with van der Waals surface area (Å²) < 4.78 is 0. The first-order chi connectivity index (χ1) is 0. The van der Waals surface area contributed by atoms with Gasteiger partial charge in [-0.1, -0.05) is 0 Å². The Morgan fingerprint density at radius 2 is 0.750 bits per heavy atom. The molecule has 0 bridgehead atoms. The van der Waals surface area contributed by atoms with Crippen molar-refractivity contribution < 1.29 is 36.5 Å². The molecule has 0 aromatic carbocycles. The third-order valence-electron chi connectivity index (χ3n) is 0. The largest absolute Gasteiger partial charge is 0 e. The first kappa shape index (κ1) is 30.0. The zero-order chi connectivity index (χ0) is 0. The molecule has 4 heavy (non-hydrogen) atoms. The summed E-state index contributed by atoms with van der Waals surface area (Å²) >= 11 is 0. The molecule has 0 atom stereocenters. The van der Waals surface area contributed by atoms with Crippen molar-refractivity contribution in [2.75, 3.05) is 0 Å². The summed E-state index contributed by atoms with van der Waals surface area (Å²) in [5.74, 6) is 0. The Bertz CT molecular complexity index is 6.00. The summed E-state index contributed by atoms with van der Waals surface area (Å²) in [4.78, 5) is 0. The van der Waals surface area contributed by atoms with E-state index in [1.54, 1.807) is 0 Å². The molecule has 0 amide bonds. The summed E-state index contributed by atoms with van der Waals surface area (Å²) in [6.07, 6.45) is 0. The van der Waals surface area contributed by atoms with E-state index < -0.39 is 0 Å². The molecule has 0 rings (SSSR count). The van der Waals surface area contributed by atoms with E-state index >= 15 is 0 Å². The zero-order valence-electron chi connectivity index (χ0n) is 2.42. The van der Waals surface area contributed by atoms with Crippen LogP contribution in [0, 0.1) is 0 Å². The molecule has 0 spiro atoms. The summed E-state index contributed by atoms with van der Waals surface area (Å²) in [6, 6.07) is 0. The van der Waals surface area contributed by atoms with Crippen molar-refractivity contribution in [3.8, 4) is 0 Å². The van der Waals surface area contributed by atoms with Gasteiger partial charge in [0.25, 0.3) is 0 Å². The molecule has 0 saturated heterocycles. The van der Waals surface area contributed by atoms with Crippen molar-refractivity contribution in [1.29, 1.82) is 0 Å². The van der Waals surface area contributed by atoms with E-state index in [0.717, 1.165) is 0 Å². The minimum absolute atomic E-state index is 0. The van der Waals surface area contributed by atoms with Gasteiger partial charge in [0, 0.05) is 82.7 Å². The second-order valence-corrected chi connectivity index (χ2v) is 0. The average molecular weight is 178 g/mol. The van der Waals surface area contributed by atoms with E-state index in [1.165, 1.54) is 0 Å². The topological polar surface area (TPSA) is 0 Å².